The summed E-state index contributed by atoms with van der Waals surface area (Å²) in [6.07, 6.45) is 3.35. The first-order valence-corrected chi connectivity index (χ1v) is 6.67. The molecule has 0 bridgehead atoms. The maximum absolute atomic E-state index is 11.7. The number of hydrogen-bond donors (Lipinski definition) is 3. The molecule has 0 fully saturated rings. The van der Waals surface area contributed by atoms with E-state index in [4.69, 9.17) is 10.8 Å². The van der Waals surface area contributed by atoms with Crippen molar-refractivity contribution in [2.75, 3.05) is 0 Å². The molecular weight excluding hydrogens is 248 g/mol. The molecule has 0 rings (SSSR count). The van der Waals surface area contributed by atoms with Crippen molar-refractivity contribution >= 4 is 17.8 Å². The zero-order chi connectivity index (χ0) is 14.8. The van der Waals surface area contributed by atoms with Crippen LogP contribution in [0.2, 0.25) is 0 Å². The normalized spacial score (nSPS) is 13.6. The van der Waals surface area contributed by atoms with Gasteiger partial charge in [-0.3, -0.25) is 9.59 Å². The number of hydrogen-bond acceptors (Lipinski definition) is 3. The summed E-state index contributed by atoms with van der Waals surface area (Å²) in [5.41, 5.74) is 4.96. The Kier molecular flexibility index (Phi) is 8.57. The van der Waals surface area contributed by atoms with Crippen molar-refractivity contribution < 1.29 is 19.5 Å². The molecule has 0 aliphatic rings. The Bertz CT molecular complexity index is 318. The summed E-state index contributed by atoms with van der Waals surface area (Å²) in [7, 11) is 0. The average Bonchev–Trinajstić information content (AvgIpc) is 2.31. The second kappa shape index (κ2) is 9.35. The summed E-state index contributed by atoms with van der Waals surface area (Å²) >= 11 is 0. The van der Waals surface area contributed by atoms with E-state index in [0.29, 0.717) is 6.42 Å². The molecule has 0 radical (unpaired) electrons. The molecule has 0 aromatic carbocycles. The molecule has 0 saturated heterocycles. The Morgan fingerprint density at radius 2 is 1.89 bits per heavy atom. The van der Waals surface area contributed by atoms with Gasteiger partial charge in [0.25, 0.3) is 0 Å². The number of unbranched alkanes of at least 4 members (excludes halogenated alkanes) is 1. The van der Waals surface area contributed by atoms with Crippen molar-refractivity contribution in [3.8, 4) is 0 Å². The molecule has 2 amide bonds. The first kappa shape index (κ1) is 17.4. The van der Waals surface area contributed by atoms with Crippen LogP contribution in [-0.2, 0) is 14.4 Å². The van der Waals surface area contributed by atoms with Crippen LogP contribution in [0.4, 0.5) is 0 Å². The van der Waals surface area contributed by atoms with Gasteiger partial charge in [-0.1, -0.05) is 33.1 Å². The third kappa shape index (κ3) is 9.04. The highest BCUT2D eigenvalue weighted by Gasteiger charge is 2.21. The largest absolute Gasteiger partial charge is 0.480 e. The number of nitrogens with two attached hydrogens (primary N) is 1. The molecule has 6 heteroatoms. The van der Waals surface area contributed by atoms with Crippen LogP contribution in [0.3, 0.4) is 0 Å². The van der Waals surface area contributed by atoms with Gasteiger partial charge in [0.2, 0.25) is 11.8 Å². The Hall–Kier alpha value is -1.59. The Morgan fingerprint density at radius 1 is 1.26 bits per heavy atom. The van der Waals surface area contributed by atoms with Gasteiger partial charge in [0.05, 0.1) is 0 Å². The monoisotopic (exact) mass is 272 g/mol. The molecule has 0 aromatic heterocycles. The molecule has 0 aromatic rings. The molecule has 110 valence electrons. The topological polar surface area (TPSA) is 109 Å². The lowest BCUT2D eigenvalue weighted by molar-refractivity contribution is -0.142. The third-order valence-electron chi connectivity index (χ3n) is 2.90. The molecule has 0 saturated carbocycles. The lowest BCUT2D eigenvalue weighted by atomic mass is 10.00. The van der Waals surface area contributed by atoms with Crippen molar-refractivity contribution in [1.82, 2.24) is 5.32 Å². The predicted molar refractivity (Wildman–Crippen MR) is 71.3 cm³/mol. The fourth-order valence-corrected chi connectivity index (χ4v) is 1.77. The summed E-state index contributed by atoms with van der Waals surface area (Å²) in [4.78, 5) is 33.2. The standard InChI is InChI=1S/C13H24N2O4/c1-3-4-5-9(2)8-12(17)15-10(13(18)19)6-7-11(14)16/h9-10H,3-8H2,1-2H3,(H2,14,16)(H,15,17)(H,18,19). The molecule has 6 nitrogen and oxygen atoms in total. The van der Waals surface area contributed by atoms with Crippen molar-refractivity contribution in [3.05, 3.63) is 0 Å². The molecule has 0 spiro atoms. The Labute approximate surface area is 113 Å². The lowest BCUT2D eigenvalue weighted by Crippen LogP contribution is -2.41. The van der Waals surface area contributed by atoms with Crippen LogP contribution in [0, 0.1) is 5.92 Å². The molecule has 2 unspecified atom stereocenters. The number of rotatable bonds is 10. The minimum atomic E-state index is -1.14. The third-order valence-corrected chi connectivity index (χ3v) is 2.90. The number of carbonyl (C=O) groups is 3. The van der Waals surface area contributed by atoms with Gasteiger partial charge in [-0.05, 0) is 12.3 Å². The first-order valence-electron chi connectivity index (χ1n) is 6.67. The summed E-state index contributed by atoms with van der Waals surface area (Å²) in [5, 5.41) is 11.4. The smallest absolute Gasteiger partial charge is 0.326 e. The highest BCUT2D eigenvalue weighted by Crippen LogP contribution is 2.12. The van der Waals surface area contributed by atoms with Crippen LogP contribution in [-0.4, -0.2) is 28.9 Å². The Balaban J connectivity index is 4.16. The zero-order valence-corrected chi connectivity index (χ0v) is 11.6. The maximum Gasteiger partial charge on any atom is 0.326 e. The van der Waals surface area contributed by atoms with Gasteiger partial charge >= 0.3 is 5.97 Å². The van der Waals surface area contributed by atoms with E-state index >= 15 is 0 Å². The lowest BCUT2D eigenvalue weighted by Gasteiger charge is -2.16. The number of carbonyl (C=O) groups excluding carboxylic acids is 2. The van der Waals surface area contributed by atoms with E-state index in [1.165, 1.54) is 0 Å². The van der Waals surface area contributed by atoms with Crippen molar-refractivity contribution in [3.63, 3.8) is 0 Å². The number of amides is 2. The highest BCUT2D eigenvalue weighted by atomic mass is 16.4. The number of nitrogens with one attached hydrogen (secondary N) is 1. The number of primary amides is 1. The van der Waals surface area contributed by atoms with E-state index in [2.05, 4.69) is 12.2 Å². The fourth-order valence-electron chi connectivity index (χ4n) is 1.77. The van der Waals surface area contributed by atoms with Gasteiger partial charge in [0.15, 0.2) is 0 Å². The second-order valence-corrected chi connectivity index (χ2v) is 4.91. The zero-order valence-electron chi connectivity index (χ0n) is 11.6. The fraction of sp³-hybridized carbons (Fsp3) is 0.769. The molecular formula is C13H24N2O4. The van der Waals surface area contributed by atoms with E-state index in [-0.39, 0.29) is 24.7 Å². The van der Waals surface area contributed by atoms with Crippen LogP contribution in [0.1, 0.15) is 52.4 Å². The molecule has 19 heavy (non-hydrogen) atoms. The summed E-state index contributed by atoms with van der Waals surface area (Å²) in [6.45, 7) is 4.05. The summed E-state index contributed by atoms with van der Waals surface area (Å²) in [5.74, 6) is -1.78. The van der Waals surface area contributed by atoms with E-state index in [0.717, 1.165) is 19.3 Å². The van der Waals surface area contributed by atoms with E-state index in [9.17, 15) is 14.4 Å². The quantitative estimate of drug-likeness (QED) is 0.552. The van der Waals surface area contributed by atoms with Gasteiger partial charge in [-0.15, -0.1) is 0 Å². The minimum Gasteiger partial charge on any atom is -0.480 e. The SMILES string of the molecule is CCCCC(C)CC(=O)NC(CCC(N)=O)C(=O)O. The number of carboxylic acids is 1. The Morgan fingerprint density at radius 3 is 2.37 bits per heavy atom. The van der Waals surface area contributed by atoms with Crippen molar-refractivity contribution in [2.24, 2.45) is 11.7 Å². The van der Waals surface area contributed by atoms with Crippen molar-refractivity contribution in [1.29, 1.82) is 0 Å². The van der Waals surface area contributed by atoms with E-state index in [1.807, 2.05) is 6.92 Å². The molecule has 0 aliphatic carbocycles. The second-order valence-electron chi connectivity index (χ2n) is 4.91. The van der Waals surface area contributed by atoms with E-state index < -0.39 is 17.9 Å². The van der Waals surface area contributed by atoms with Gasteiger partial charge in [0.1, 0.15) is 6.04 Å². The van der Waals surface area contributed by atoms with Gasteiger partial charge in [0, 0.05) is 12.8 Å². The number of carboxylic acid groups (broad SMARTS) is 1. The van der Waals surface area contributed by atoms with Crippen LogP contribution < -0.4 is 11.1 Å². The highest BCUT2D eigenvalue weighted by molar-refractivity contribution is 5.84. The van der Waals surface area contributed by atoms with Gasteiger partial charge in [-0.25, -0.2) is 4.79 Å². The summed E-state index contributed by atoms with van der Waals surface area (Å²) < 4.78 is 0. The maximum atomic E-state index is 11.7. The molecule has 0 aliphatic heterocycles. The average molecular weight is 272 g/mol. The first-order chi connectivity index (χ1) is 8.86. The summed E-state index contributed by atoms with van der Waals surface area (Å²) in [6, 6.07) is -1.04. The predicted octanol–water partition coefficient (Wildman–Crippen LogP) is 1.04. The van der Waals surface area contributed by atoms with Crippen molar-refractivity contribution in [2.45, 2.75) is 58.4 Å². The van der Waals surface area contributed by atoms with Crippen LogP contribution in [0.25, 0.3) is 0 Å². The number of aliphatic carboxylic acids is 1. The van der Waals surface area contributed by atoms with Gasteiger partial charge in [-0.2, -0.15) is 0 Å². The molecule has 4 N–H and O–H groups in total. The molecule has 0 heterocycles. The van der Waals surface area contributed by atoms with Crippen LogP contribution in [0.5, 0.6) is 0 Å². The molecule has 2 atom stereocenters. The van der Waals surface area contributed by atoms with Crippen LogP contribution >= 0.6 is 0 Å². The van der Waals surface area contributed by atoms with E-state index in [1.54, 1.807) is 0 Å². The van der Waals surface area contributed by atoms with Crippen LogP contribution in [0.15, 0.2) is 0 Å². The van der Waals surface area contributed by atoms with Gasteiger partial charge < -0.3 is 16.2 Å². The minimum absolute atomic E-state index is 0.0275.